The van der Waals surface area contributed by atoms with E-state index >= 15 is 0 Å². The van der Waals surface area contributed by atoms with E-state index in [0.29, 0.717) is 6.42 Å². The van der Waals surface area contributed by atoms with Gasteiger partial charge in [-0.25, -0.2) is 0 Å². The smallest absolute Gasteiger partial charge is 0.220 e. The number of carbonyl (C=O) groups is 1. The number of aliphatic hydroxyl groups is 2. The highest BCUT2D eigenvalue weighted by Gasteiger charge is 2.17. The minimum absolute atomic E-state index is 0.0784. The Morgan fingerprint density at radius 3 is 1.18 bits per heavy atom. The maximum absolute atomic E-state index is 12.4. The van der Waals surface area contributed by atoms with Gasteiger partial charge in [0.1, 0.15) is 0 Å². The lowest BCUT2D eigenvalue weighted by atomic mass is 10.0. The fourth-order valence-corrected chi connectivity index (χ4v) is 7.00. The van der Waals surface area contributed by atoms with Crippen molar-refractivity contribution >= 4 is 5.91 Å². The summed E-state index contributed by atoms with van der Waals surface area (Å²) in [6, 6.07) is -0.645. The molecule has 320 valence electrons. The fourth-order valence-electron chi connectivity index (χ4n) is 7.00. The first-order valence-electron chi connectivity index (χ1n) is 24.0. The lowest BCUT2D eigenvalue weighted by Crippen LogP contribution is -2.45. The Bertz CT molecular complexity index is 919. The molecule has 0 aliphatic carbocycles. The Morgan fingerprint density at radius 2 is 0.764 bits per heavy atom. The Kier molecular flexibility index (Phi) is 44.9. The molecule has 3 N–H and O–H groups in total. The summed E-state index contributed by atoms with van der Waals surface area (Å²) in [4.78, 5) is 12.4. The van der Waals surface area contributed by atoms with E-state index in [4.69, 9.17) is 0 Å². The van der Waals surface area contributed by atoms with Crippen LogP contribution in [0.1, 0.15) is 239 Å². The number of aliphatic hydroxyl groups excluding tert-OH is 2. The Balaban J connectivity index is 3.52. The number of nitrogens with one attached hydrogen (secondary N) is 1. The van der Waals surface area contributed by atoms with Crippen molar-refractivity contribution in [2.45, 2.75) is 251 Å². The summed E-state index contributed by atoms with van der Waals surface area (Å²) >= 11 is 0. The Morgan fingerprint density at radius 1 is 0.436 bits per heavy atom. The lowest BCUT2D eigenvalue weighted by Gasteiger charge is -2.19. The molecule has 0 saturated carbocycles. The molecular formula is C51H93NO3. The predicted molar refractivity (Wildman–Crippen MR) is 244 cm³/mol. The van der Waals surface area contributed by atoms with Gasteiger partial charge in [0.2, 0.25) is 5.91 Å². The van der Waals surface area contributed by atoms with Crippen molar-refractivity contribution in [3.05, 3.63) is 60.8 Å². The number of unbranched alkanes of at least 4 members (excludes halogenated alkanes) is 28. The largest absolute Gasteiger partial charge is 0.394 e. The van der Waals surface area contributed by atoms with Gasteiger partial charge in [-0.1, -0.05) is 216 Å². The molecule has 0 spiro atoms. The Hall–Kier alpha value is -1.91. The fraction of sp³-hybridized carbons (Fsp3) is 0.784. The third kappa shape index (κ3) is 43.1. The average molecular weight is 768 g/mol. The second-order valence-electron chi connectivity index (χ2n) is 16.2. The highest BCUT2D eigenvalue weighted by atomic mass is 16.3. The molecule has 0 aliphatic heterocycles. The van der Waals surface area contributed by atoms with Crippen LogP contribution in [-0.2, 0) is 4.79 Å². The minimum Gasteiger partial charge on any atom is -0.394 e. The molecule has 0 aliphatic rings. The maximum atomic E-state index is 12.4. The molecule has 0 aromatic heterocycles. The van der Waals surface area contributed by atoms with Gasteiger partial charge in [0.15, 0.2) is 0 Å². The molecule has 1 amide bonds. The number of rotatable bonds is 43. The van der Waals surface area contributed by atoms with Gasteiger partial charge in [-0.3, -0.25) is 4.79 Å². The van der Waals surface area contributed by atoms with Gasteiger partial charge < -0.3 is 15.5 Å². The second kappa shape index (κ2) is 46.5. The zero-order chi connectivity index (χ0) is 40.0. The van der Waals surface area contributed by atoms with Gasteiger partial charge >= 0.3 is 0 Å². The zero-order valence-electron chi connectivity index (χ0n) is 36.7. The molecule has 0 aromatic carbocycles. The van der Waals surface area contributed by atoms with Crippen LogP contribution in [0.2, 0.25) is 0 Å². The van der Waals surface area contributed by atoms with Gasteiger partial charge in [-0.2, -0.15) is 0 Å². The first-order valence-corrected chi connectivity index (χ1v) is 24.0. The average Bonchev–Trinajstić information content (AvgIpc) is 3.19. The van der Waals surface area contributed by atoms with Crippen LogP contribution < -0.4 is 5.32 Å². The molecule has 4 nitrogen and oxygen atoms in total. The summed E-state index contributed by atoms with van der Waals surface area (Å²) in [6.45, 7) is 4.26. The second-order valence-corrected chi connectivity index (χ2v) is 16.2. The van der Waals surface area contributed by atoms with Crippen LogP contribution in [0.25, 0.3) is 0 Å². The van der Waals surface area contributed by atoms with E-state index in [9.17, 15) is 15.0 Å². The highest BCUT2D eigenvalue weighted by Crippen LogP contribution is 2.15. The van der Waals surface area contributed by atoms with Gasteiger partial charge in [-0.15, -0.1) is 0 Å². The van der Waals surface area contributed by atoms with Crippen LogP contribution >= 0.6 is 0 Å². The van der Waals surface area contributed by atoms with Crippen molar-refractivity contribution in [3.63, 3.8) is 0 Å². The molecule has 0 rings (SSSR count). The van der Waals surface area contributed by atoms with Gasteiger partial charge in [0.05, 0.1) is 18.8 Å². The van der Waals surface area contributed by atoms with Crippen LogP contribution in [0.15, 0.2) is 60.8 Å². The molecule has 0 saturated heterocycles. The van der Waals surface area contributed by atoms with Gasteiger partial charge in [0.25, 0.3) is 0 Å². The van der Waals surface area contributed by atoms with E-state index in [1.165, 1.54) is 173 Å². The summed E-state index contributed by atoms with van der Waals surface area (Å²) in [5.74, 6) is -0.0784. The molecule has 4 heteroatoms. The molecule has 0 heterocycles. The molecule has 55 heavy (non-hydrogen) atoms. The number of carbonyl (C=O) groups excluding carboxylic acids is 1. The number of hydrogen-bond donors (Lipinski definition) is 3. The molecule has 0 aromatic rings. The summed E-state index contributed by atoms with van der Waals surface area (Å²) in [5, 5.41) is 23.0. The zero-order valence-corrected chi connectivity index (χ0v) is 36.7. The van der Waals surface area contributed by atoms with E-state index < -0.39 is 12.1 Å². The number of amides is 1. The van der Waals surface area contributed by atoms with Crippen LogP contribution in [0, 0.1) is 0 Å². The molecule has 0 radical (unpaired) electrons. The third-order valence-electron chi connectivity index (χ3n) is 10.7. The molecule has 0 fully saturated rings. The third-order valence-corrected chi connectivity index (χ3v) is 10.7. The van der Waals surface area contributed by atoms with E-state index in [1.807, 2.05) is 6.08 Å². The van der Waals surface area contributed by atoms with Crippen LogP contribution in [0.4, 0.5) is 0 Å². The van der Waals surface area contributed by atoms with Crippen molar-refractivity contribution in [1.82, 2.24) is 5.32 Å². The highest BCUT2D eigenvalue weighted by molar-refractivity contribution is 5.76. The van der Waals surface area contributed by atoms with E-state index in [0.717, 1.165) is 44.9 Å². The topological polar surface area (TPSA) is 69.6 Å². The summed E-state index contributed by atoms with van der Waals surface area (Å²) in [7, 11) is 0. The number of allylic oxidation sites excluding steroid dienone is 9. The normalized spacial score (nSPS) is 13.5. The van der Waals surface area contributed by atoms with Crippen molar-refractivity contribution in [2.75, 3.05) is 6.61 Å². The Labute approximate surface area is 343 Å². The predicted octanol–water partition coefficient (Wildman–Crippen LogP) is 15.3. The SMILES string of the molecule is CCCCCC/C=C/CC/C=C/CC/C=C/C(O)C(CO)NC(=O)CCCCCCCCCCCCCCCCCCC/C=C\C/C=C\CCCCCCC. The standard InChI is InChI=1S/C51H93NO3/c1-3-5-7-9-11-13-15-17-19-20-21-22-23-24-25-26-27-28-29-30-31-32-33-35-37-39-41-43-45-47-51(55)52-49(48-53)50(54)46-44-42-40-38-36-34-18-16-14-12-10-8-6-4-2/h14-17,20-21,36,38,44,46,49-50,53-54H,3-13,18-19,22-35,37,39-43,45,47-48H2,1-2H3,(H,52,55)/b16-14+,17-15-,21-20-,38-36+,46-44+. The monoisotopic (exact) mass is 768 g/mol. The molecular weight excluding hydrogens is 675 g/mol. The summed E-state index contributed by atoms with van der Waals surface area (Å²) < 4.78 is 0. The summed E-state index contributed by atoms with van der Waals surface area (Å²) in [6.07, 6.45) is 64.9. The number of hydrogen-bond acceptors (Lipinski definition) is 3. The van der Waals surface area contributed by atoms with Crippen LogP contribution in [0.3, 0.4) is 0 Å². The maximum Gasteiger partial charge on any atom is 0.220 e. The lowest BCUT2D eigenvalue weighted by molar-refractivity contribution is -0.123. The van der Waals surface area contributed by atoms with Crippen molar-refractivity contribution in [3.8, 4) is 0 Å². The van der Waals surface area contributed by atoms with Gasteiger partial charge in [0, 0.05) is 6.42 Å². The molecule has 2 atom stereocenters. The van der Waals surface area contributed by atoms with E-state index in [1.54, 1.807) is 6.08 Å². The molecule has 2 unspecified atom stereocenters. The first-order chi connectivity index (χ1) is 27.2. The van der Waals surface area contributed by atoms with Crippen molar-refractivity contribution < 1.29 is 15.0 Å². The summed E-state index contributed by atoms with van der Waals surface area (Å²) in [5.41, 5.74) is 0. The van der Waals surface area contributed by atoms with Crippen LogP contribution in [0.5, 0.6) is 0 Å². The quantitative estimate of drug-likeness (QED) is 0.0427. The molecule has 0 bridgehead atoms. The van der Waals surface area contributed by atoms with Crippen LogP contribution in [-0.4, -0.2) is 34.9 Å². The van der Waals surface area contributed by atoms with Crippen molar-refractivity contribution in [1.29, 1.82) is 0 Å². The minimum atomic E-state index is -0.870. The van der Waals surface area contributed by atoms with E-state index in [-0.39, 0.29) is 12.5 Å². The van der Waals surface area contributed by atoms with Crippen molar-refractivity contribution in [2.24, 2.45) is 0 Å². The van der Waals surface area contributed by atoms with Gasteiger partial charge in [-0.05, 0) is 77.0 Å². The van der Waals surface area contributed by atoms with E-state index in [2.05, 4.69) is 67.8 Å². The first kappa shape index (κ1) is 53.1.